The fourth-order valence-corrected chi connectivity index (χ4v) is 8.00. The zero-order valence-corrected chi connectivity index (χ0v) is 27.4. The number of aromatic nitrogens is 1. The van der Waals surface area contributed by atoms with Crippen LogP contribution >= 0.6 is 23.5 Å². The van der Waals surface area contributed by atoms with Gasteiger partial charge < -0.3 is 9.12 Å². The number of hydrogen-bond acceptors (Lipinski definition) is 7. The van der Waals surface area contributed by atoms with Crippen LogP contribution in [-0.2, 0) is 28.4 Å². The highest BCUT2D eigenvalue weighted by atomic mass is 35.5. The van der Waals surface area contributed by atoms with E-state index in [2.05, 4.69) is 4.72 Å². The number of benzene rings is 2. The third-order valence-corrected chi connectivity index (χ3v) is 11.2. The van der Waals surface area contributed by atoms with E-state index in [1.54, 1.807) is 33.0 Å². The number of unbranched alkanes of at least 4 members (excludes halogenated alkanes) is 1. The summed E-state index contributed by atoms with van der Waals surface area (Å²) in [5, 5.41) is 0.418. The van der Waals surface area contributed by atoms with E-state index in [0.717, 1.165) is 34.6 Å². The van der Waals surface area contributed by atoms with Crippen molar-refractivity contribution in [3.05, 3.63) is 86.5 Å². The smallest absolute Gasteiger partial charge is 0.250 e. The van der Waals surface area contributed by atoms with Gasteiger partial charge in [-0.1, -0.05) is 31.9 Å². The van der Waals surface area contributed by atoms with Gasteiger partial charge in [0.1, 0.15) is 17.3 Å². The number of anilines is 1. The molecule has 0 aliphatic carbocycles. The van der Waals surface area contributed by atoms with Crippen molar-refractivity contribution in [2.24, 2.45) is 7.05 Å². The third-order valence-electron chi connectivity index (χ3n) is 6.51. The number of aryl methyl sites for hydroxylation is 1. The van der Waals surface area contributed by atoms with Gasteiger partial charge in [-0.25, -0.2) is 16.5 Å². The van der Waals surface area contributed by atoms with E-state index in [1.165, 1.54) is 42.0 Å². The van der Waals surface area contributed by atoms with E-state index in [1.807, 2.05) is 6.92 Å². The number of carbonyl (C=O) groups is 1. The Labute approximate surface area is 259 Å². The SMILES string of the molecule is CCCC[S@+]([O-])N[C@@H](C)c1cc(=O)n(C)cc1-c1cc(N(SCC)S(=O)(=O)CC)c(F)cc1C(=O)c1ccc(Cl)cc1. The Morgan fingerprint density at radius 1 is 1.17 bits per heavy atom. The fraction of sp³-hybridized carbons (Fsp3) is 0.379. The molecule has 2 aromatic carbocycles. The molecule has 2 atom stereocenters. The molecule has 0 aliphatic heterocycles. The maximum absolute atomic E-state index is 15.8. The molecule has 1 heterocycles. The Morgan fingerprint density at radius 2 is 1.83 bits per heavy atom. The highest BCUT2D eigenvalue weighted by Gasteiger charge is 2.29. The lowest BCUT2D eigenvalue weighted by molar-refractivity contribution is 0.103. The second-order valence-corrected chi connectivity index (χ2v) is 14.9. The summed E-state index contributed by atoms with van der Waals surface area (Å²) in [5.74, 6) is -0.926. The molecule has 13 heteroatoms. The van der Waals surface area contributed by atoms with E-state index in [4.69, 9.17) is 11.6 Å². The average molecular weight is 656 g/mol. The molecule has 228 valence electrons. The minimum absolute atomic E-state index is 0.0341. The normalized spacial score (nSPS) is 13.1. The van der Waals surface area contributed by atoms with E-state index < -0.39 is 39.0 Å². The van der Waals surface area contributed by atoms with Gasteiger partial charge in [-0.15, -0.1) is 4.72 Å². The summed E-state index contributed by atoms with van der Waals surface area (Å²) in [6, 6.07) is 9.27. The first-order valence-electron chi connectivity index (χ1n) is 13.5. The van der Waals surface area contributed by atoms with Crippen LogP contribution in [0, 0.1) is 5.82 Å². The molecule has 0 aliphatic rings. The molecule has 1 N–H and O–H groups in total. The van der Waals surface area contributed by atoms with Gasteiger partial charge in [-0.3, -0.25) is 9.59 Å². The lowest BCUT2D eigenvalue weighted by Gasteiger charge is -2.25. The fourth-order valence-electron chi connectivity index (χ4n) is 4.23. The summed E-state index contributed by atoms with van der Waals surface area (Å²) in [7, 11) is -2.36. The van der Waals surface area contributed by atoms with Crippen LogP contribution in [0.15, 0.2) is 53.5 Å². The van der Waals surface area contributed by atoms with E-state index in [0.29, 0.717) is 27.7 Å². The average Bonchev–Trinajstić information content (AvgIpc) is 2.96. The Morgan fingerprint density at radius 3 is 2.43 bits per heavy atom. The summed E-state index contributed by atoms with van der Waals surface area (Å²) in [6.45, 7) is 6.95. The van der Waals surface area contributed by atoms with Crippen LogP contribution in [-0.4, -0.2) is 40.6 Å². The van der Waals surface area contributed by atoms with Gasteiger partial charge in [0, 0.05) is 58.1 Å². The predicted molar refractivity (Wildman–Crippen MR) is 172 cm³/mol. The van der Waals surface area contributed by atoms with Crippen LogP contribution in [0.4, 0.5) is 10.1 Å². The first kappa shape index (κ1) is 34.1. The summed E-state index contributed by atoms with van der Waals surface area (Å²) in [5.41, 5.74) is 0.667. The van der Waals surface area contributed by atoms with Crippen LogP contribution in [0.25, 0.3) is 11.1 Å². The molecule has 1 aromatic heterocycles. The van der Waals surface area contributed by atoms with Crippen molar-refractivity contribution in [3.8, 4) is 11.1 Å². The molecule has 0 amide bonds. The topological polar surface area (TPSA) is 112 Å². The molecule has 0 saturated heterocycles. The summed E-state index contributed by atoms with van der Waals surface area (Å²) < 4.78 is 59.8. The van der Waals surface area contributed by atoms with Crippen LogP contribution in [0.2, 0.25) is 5.02 Å². The third kappa shape index (κ3) is 7.97. The number of sulfonamides is 1. The van der Waals surface area contributed by atoms with Gasteiger partial charge in [-0.2, -0.15) is 0 Å². The summed E-state index contributed by atoms with van der Waals surface area (Å²) in [4.78, 5) is 26.6. The largest absolute Gasteiger partial charge is 0.598 e. The number of hydrogen-bond donors (Lipinski definition) is 1. The first-order valence-corrected chi connectivity index (χ1v) is 17.7. The van der Waals surface area contributed by atoms with Gasteiger partial charge in [0.15, 0.2) is 5.78 Å². The maximum atomic E-state index is 15.8. The number of pyridine rings is 1. The van der Waals surface area contributed by atoms with E-state index >= 15 is 4.39 Å². The van der Waals surface area contributed by atoms with Gasteiger partial charge in [-0.05, 0) is 79.7 Å². The molecule has 8 nitrogen and oxygen atoms in total. The van der Waals surface area contributed by atoms with Gasteiger partial charge in [0.2, 0.25) is 10.0 Å². The quantitative estimate of drug-likeness (QED) is 0.129. The number of nitrogens with zero attached hydrogens (tertiary/aromatic N) is 2. The monoisotopic (exact) mass is 655 g/mol. The summed E-state index contributed by atoms with van der Waals surface area (Å²) >= 11 is 5.55. The Kier molecular flexibility index (Phi) is 12.1. The number of ketones is 1. The van der Waals surface area contributed by atoms with E-state index in [-0.39, 0.29) is 33.7 Å². The standard InChI is InChI=1S/C29H35ClFN3O5S3/c1-6-9-14-41(37)32-19(4)22-17-28(35)33(5)18-25(22)23-16-27(34(40-7-2)42(38,39)8-3)26(31)15-24(23)29(36)20-10-12-21(30)13-11-20/h10-13,15-19,32H,6-9,14H2,1-5H3/t19-,41-/m0/s1. The molecule has 0 bridgehead atoms. The zero-order valence-electron chi connectivity index (χ0n) is 24.1. The van der Waals surface area contributed by atoms with Crippen LogP contribution < -0.4 is 14.0 Å². The van der Waals surface area contributed by atoms with Crippen molar-refractivity contribution in [1.82, 2.24) is 9.29 Å². The lowest BCUT2D eigenvalue weighted by Crippen LogP contribution is -2.31. The zero-order chi connectivity index (χ0) is 31.2. The second-order valence-electron chi connectivity index (χ2n) is 9.57. The van der Waals surface area contributed by atoms with Crippen LogP contribution in [0.5, 0.6) is 0 Å². The predicted octanol–water partition coefficient (Wildman–Crippen LogP) is 6.01. The molecule has 0 spiro atoms. The number of rotatable bonds is 14. The van der Waals surface area contributed by atoms with Gasteiger partial charge in [0.25, 0.3) is 5.56 Å². The highest BCUT2D eigenvalue weighted by molar-refractivity contribution is 8.14. The van der Waals surface area contributed by atoms with E-state index in [9.17, 15) is 22.6 Å². The molecule has 0 radical (unpaired) electrons. The van der Waals surface area contributed by atoms with Crippen molar-refractivity contribution in [2.45, 2.75) is 46.6 Å². The van der Waals surface area contributed by atoms with Crippen molar-refractivity contribution in [1.29, 1.82) is 0 Å². The van der Waals surface area contributed by atoms with Crippen LogP contribution in [0.1, 0.15) is 68.1 Å². The number of halogens is 2. The molecular weight excluding hydrogens is 621 g/mol. The Bertz CT molecular complexity index is 1580. The number of nitrogens with one attached hydrogen (secondary N) is 1. The Hall–Kier alpha value is -2.35. The summed E-state index contributed by atoms with van der Waals surface area (Å²) in [6.07, 6.45) is 3.13. The molecule has 0 fully saturated rings. The van der Waals surface area contributed by atoms with Gasteiger partial charge in [0.05, 0.1) is 11.8 Å². The van der Waals surface area contributed by atoms with Crippen LogP contribution in [0.3, 0.4) is 0 Å². The molecule has 0 unspecified atom stereocenters. The van der Waals surface area contributed by atoms with Crippen molar-refractivity contribution in [3.63, 3.8) is 0 Å². The number of carbonyl (C=O) groups excluding carboxylic acids is 1. The minimum Gasteiger partial charge on any atom is -0.598 e. The second kappa shape index (κ2) is 14.9. The lowest BCUT2D eigenvalue weighted by atomic mass is 9.90. The molecule has 3 aromatic rings. The Balaban J connectivity index is 2.35. The molecule has 0 saturated carbocycles. The van der Waals surface area contributed by atoms with Crippen molar-refractivity contribution < 1.29 is 22.2 Å². The molecule has 42 heavy (non-hydrogen) atoms. The first-order chi connectivity index (χ1) is 19.8. The van der Waals surface area contributed by atoms with Crippen molar-refractivity contribution in [2.75, 3.05) is 21.0 Å². The minimum atomic E-state index is -3.90. The molecular formula is C29H35ClFN3O5S3. The maximum Gasteiger partial charge on any atom is 0.250 e. The van der Waals surface area contributed by atoms with Crippen molar-refractivity contribution >= 4 is 56.4 Å². The highest BCUT2D eigenvalue weighted by Crippen LogP contribution is 2.38. The molecule has 3 rings (SSSR count). The van der Waals surface area contributed by atoms with Gasteiger partial charge >= 0.3 is 0 Å².